The molecule has 1 heterocycles. The predicted molar refractivity (Wildman–Crippen MR) is 111 cm³/mol. The zero-order valence-corrected chi connectivity index (χ0v) is 16.2. The summed E-state index contributed by atoms with van der Waals surface area (Å²) in [5, 5.41) is 8.63. The molecule has 3 rings (SSSR count). The van der Waals surface area contributed by atoms with Gasteiger partial charge in [-0.1, -0.05) is 58.0 Å². The first-order valence-electron chi connectivity index (χ1n) is 9.40. The van der Waals surface area contributed by atoms with Crippen LogP contribution in [0.5, 0.6) is 0 Å². The summed E-state index contributed by atoms with van der Waals surface area (Å²) in [4.78, 5) is 0. The van der Waals surface area contributed by atoms with Crippen LogP contribution in [0.3, 0.4) is 0 Å². The van der Waals surface area contributed by atoms with Gasteiger partial charge in [0, 0.05) is 30.2 Å². The lowest BCUT2D eigenvalue weighted by atomic mass is 9.84. The summed E-state index contributed by atoms with van der Waals surface area (Å²) in [6.45, 7) is 8.98. The minimum absolute atomic E-state index is 0.418. The smallest absolute Gasteiger partial charge is 0.0455 e. The fourth-order valence-electron chi connectivity index (χ4n) is 3.51. The molecule has 0 fully saturated rings. The van der Waals surface area contributed by atoms with E-state index in [0.717, 1.165) is 5.56 Å². The van der Waals surface area contributed by atoms with Crippen LogP contribution in [0.25, 0.3) is 5.69 Å². The number of nitrogens with zero attached hydrogens (tertiary/aromatic N) is 1. The van der Waals surface area contributed by atoms with E-state index in [1.165, 1.54) is 22.4 Å². The van der Waals surface area contributed by atoms with Crippen molar-refractivity contribution in [3.63, 3.8) is 0 Å². The third-order valence-corrected chi connectivity index (χ3v) is 4.93. The summed E-state index contributed by atoms with van der Waals surface area (Å²) in [7, 11) is 0. The molecule has 2 heteroatoms. The number of hydrogen-bond acceptors (Lipinski definition) is 1. The maximum Gasteiger partial charge on any atom is 0.0455 e. The molecule has 0 saturated heterocycles. The topological polar surface area (TPSA) is 28.8 Å². The highest BCUT2D eigenvalue weighted by atomic mass is 14.9. The van der Waals surface area contributed by atoms with E-state index in [9.17, 15) is 0 Å². The van der Waals surface area contributed by atoms with Crippen LogP contribution in [0.1, 0.15) is 61.8 Å². The first-order chi connectivity index (χ1) is 12.5. The van der Waals surface area contributed by atoms with Gasteiger partial charge in [0.2, 0.25) is 0 Å². The highest BCUT2D eigenvalue weighted by Gasteiger charge is 2.18. The van der Waals surface area contributed by atoms with Crippen molar-refractivity contribution in [1.29, 1.82) is 5.41 Å². The largest absolute Gasteiger partial charge is 0.324 e. The van der Waals surface area contributed by atoms with E-state index in [0.29, 0.717) is 24.0 Å². The van der Waals surface area contributed by atoms with Gasteiger partial charge in [-0.2, -0.15) is 0 Å². The molecule has 0 bridgehead atoms. The lowest BCUT2D eigenvalue weighted by molar-refractivity contribution is 0.806. The number of rotatable bonds is 6. The lowest BCUT2D eigenvalue weighted by Crippen LogP contribution is -2.12. The molecule has 0 unspecified atom stereocenters. The zero-order valence-electron chi connectivity index (χ0n) is 16.2. The van der Waals surface area contributed by atoms with Gasteiger partial charge in [-0.05, 0) is 58.4 Å². The quantitative estimate of drug-likeness (QED) is 0.506. The predicted octanol–water partition coefficient (Wildman–Crippen LogP) is 6.33. The van der Waals surface area contributed by atoms with E-state index >= 15 is 0 Å². The number of benzene rings is 2. The molecule has 2 aromatic carbocycles. The molecule has 3 aromatic rings. The molecule has 0 saturated carbocycles. The highest BCUT2D eigenvalue weighted by molar-refractivity contribution is 5.99. The Hall–Kier alpha value is -2.61. The average molecular weight is 345 g/mol. The first-order valence-corrected chi connectivity index (χ1v) is 9.40. The van der Waals surface area contributed by atoms with Gasteiger partial charge < -0.3 is 9.98 Å². The van der Waals surface area contributed by atoms with E-state index in [1.54, 1.807) is 0 Å². The van der Waals surface area contributed by atoms with Gasteiger partial charge in [-0.25, -0.2) is 0 Å². The highest BCUT2D eigenvalue weighted by Crippen LogP contribution is 2.32. The molecule has 1 N–H and O–H groups in total. The molecule has 0 amide bonds. The Morgan fingerprint density at radius 3 is 1.88 bits per heavy atom. The van der Waals surface area contributed by atoms with Gasteiger partial charge in [0.1, 0.15) is 0 Å². The Morgan fingerprint density at radius 1 is 0.846 bits per heavy atom. The molecule has 0 aliphatic heterocycles. The van der Waals surface area contributed by atoms with Crippen molar-refractivity contribution < 1.29 is 0 Å². The molecule has 0 atom stereocenters. The summed E-state index contributed by atoms with van der Waals surface area (Å²) in [5.41, 5.74) is 6.91. The van der Waals surface area contributed by atoms with Crippen molar-refractivity contribution in [2.45, 2.75) is 46.0 Å². The molecular weight excluding hydrogens is 316 g/mol. The molecule has 26 heavy (non-hydrogen) atoms. The van der Waals surface area contributed by atoms with Crippen LogP contribution in [-0.2, 0) is 6.42 Å². The lowest BCUT2D eigenvalue weighted by Gasteiger charge is -2.22. The molecule has 0 radical (unpaired) electrons. The minimum atomic E-state index is 0.418. The summed E-state index contributed by atoms with van der Waals surface area (Å²) < 4.78 is 2.17. The third-order valence-electron chi connectivity index (χ3n) is 4.93. The van der Waals surface area contributed by atoms with E-state index in [-0.39, 0.29) is 0 Å². The van der Waals surface area contributed by atoms with Crippen molar-refractivity contribution in [2.75, 3.05) is 0 Å². The van der Waals surface area contributed by atoms with Crippen LogP contribution >= 0.6 is 0 Å². The van der Waals surface area contributed by atoms with Crippen LogP contribution in [0, 0.1) is 5.41 Å². The normalized spacial score (nSPS) is 11.3. The fraction of sp³-hybridized carbons (Fsp3) is 0.292. The Morgan fingerprint density at radius 2 is 1.38 bits per heavy atom. The monoisotopic (exact) mass is 344 g/mol. The van der Waals surface area contributed by atoms with Gasteiger partial charge in [0.25, 0.3) is 0 Å². The SMILES string of the molecule is CC(C)c1cc(-n2cccc2)cc(C(C)C)c1CC(=N)c1ccccc1. The van der Waals surface area contributed by atoms with Crippen molar-refractivity contribution in [3.05, 3.63) is 89.2 Å². The van der Waals surface area contributed by atoms with Crippen LogP contribution in [0.2, 0.25) is 0 Å². The van der Waals surface area contributed by atoms with E-state index < -0.39 is 0 Å². The number of aromatic nitrogens is 1. The standard InChI is InChI=1S/C24H28N2/c1-17(2)21-14-20(26-12-8-9-13-26)15-22(18(3)4)23(21)16-24(25)19-10-6-5-7-11-19/h5-15,17-18,25H,16H2,1-4H3. The second kappa shape index (κ2) is 7.74. The summed E-state index contributed by atoms with van der Waals surface area (Å²) >= 11 is 0. The Balaban J connectivity index is 2.09. The Kier molecular flexibility index (Phi) is 5.41. The van der Waals surface area contributed by atoms with Crippen LogP contribution in [0.4, 0.5) is 0 Å². The van der Waals surface area contributed by atoms with Gasteiger partial charge in [-0.15, -0.1) is 0 Å². The van der Waals surface area contributed by atoms with Crippen LogP contribution < -0.4 is 0 Å². The second-order valence-electron chi connectivity index (χ2n) is 7.52. The number of nitrogens with one attached hydrogen (secondary N) is 1. The van der Waals surface area contributed by atoms with Gasteiger partial charge in [-0.3, -0.25) is 0 Å². The Bertz CT molecular complexity index is 843. The van der Waals surface area contributed by atoms with Crippen molar-refractivity contribution in [2.24, 2.45) is 0 Å². The van der Waals surface area contributed by atoms with E-state index in [2.05, 4.69) is 68.9 Å². The minimum Gasteiger partial charge on any atom is -0.324 e. The van der Waals surface area contributed by atoms with E-state index in [4.69, 9.17) is 5.41 Å². The molecule has 0 spiro atoms. The fourth-order valence-corrected chi connectivity index (χ4v) is 3.51. The van der Waals surface area contributed by atoms with Gasteiger partial charge in [0.05, 0.1) is 0 Å². The second-order valence-corrected chi connectivity index (χ2v) is 7.52. The first kappa shape index (κ1) is 18.2. The maximum absolute atomic E-state index is 8.63. The third kappa shape index (κ3) is 3.80. The van der Waals surface area contributed by atoms with Crippen LogP contribution in [-0.4, -0.2) is 10.3 Å². The van der Waals surface area contributed by atoms with Gasteiger partial charge >= 0.3 is 0 Å². The van der Waals surface area contributed by atoms with Crippen molar-refractivity contribution in [3.8, 4) is 5.69 Å². The van der Waals surface area contributed by atoms with Crippen LogP contribution in [0.15, 0.2) is 67.0 Å². The molecular formula is C24H28N2. The zero-order chi connectivity index (χ0) is 18.7. The summed E-state index contributed by atoms with van der Waals surface area (Å²) in [5.74, 6) is 0.836. The van der Waals surface area contributed by atoms with Crippen molar-refractivity contribution >= 4 is 5.71 Å². The summed E-state index contributed by atoms with van der Waals surface area (Å²) in [6, 6.07) is 18.8. The molecule has 1 aromatic heterocycles. The molecule has 0 aliphatic rings. The molecule has 134 valence electrons. The summed E-state index contributed by atoms with van der Waals surface area (Å²) in [6.07, 6.45) is 4.86. The average Bonchev–Trinajstić information content (AvgIpc) is 3.16. The molecule has 0 aliphatic carbocycles. The maximum atomic E-state index is 8.63. The van der Waals surface area contributed by atoms with Crippen molar-refractivity contribution in [1.82, 2.24) is 4.57 Å². The molecule has 2 nitrogen and oxygen atoms in total. The van der Waals surface area contributed by atoms with E-state index in [1.807, 2.05) is 30.3 Å². The number of hydrogen-bond donors (Lipinski definition) is 1. The Labute approximate surface area is 157 Å². The van der Waals surface area contributed by atoms with Gasteiger partial charge in [0.15, 0.2) is 0 Å².